The molecule has 0 aliphatic carbocycles. The molecule has 1 fully saturated rings. The van der Waals surface area contributed by atoms with Crippen LogP contribution in [-0.4, -0.2) is 44.3 Å². The van der Waals surface area contributed by atoms with Gasteiger partial charge in [0.2, 0.25) is 0 Å². The summed E-state index contributed by atoms with van der Waals surface area (Å²) in [5, 5.41) is 19.3. The number of aromatic amines is 1. The number of nitrogens with zero attached hydrogens (tertiary/aromatic N) is 3. The zero-order valence-corrected chi connectivity index (χ0v) is 14.6. The molecule has 0 unspecified atom stereocenters. The van der Waals surface area contributed by atoms with Crippen LogP contribution in [0.25, 0.3) is 22.3 Å². The Labute approximate surface area is 151 Å². The van der Waals surface area contributed by atoms with E-state index in [2.05, 4.69) is 20.6 Å². The fraction of sp³-hybridized carbons (Fsp3) is 0.316. The third kappa shape index (κ3) is 3.13. The Bertz CT molecular complexity index is 942. The molecule has 1 aromatic carbocycles. The quantitative estimate of drug-likeness (QED) is 0.674. The van der Waals surface area contributed by atoms with Crippen LogP contribution in [0.3, 0.4) is 0 Å². The summed E-state index contributed by atoms with van der Waals surface area (Å²) in [6.07, 6.45) is 3.39. The molecule has 134 valence electrons. The van der Waals surface area contributed by atoms with Crippen molar-refractivity contribution in [1.29, 1.82) is 0 Å². The second kappa shape index (κ2) is 6.76. The van der Waals surface area contributed by atoms with Crippen molar-refractivity contribution in [2.45, 2.75) is 26.2 Å². The Morgan fingerprint density at radius 2 is 1.92 bits per heavy atom. The number of aromatic hydroxyl groups is 1. The molecule has 4 rings (SSSR count). The average Bonchev–Trinajstić information content (AvgIpc) is 3.03. The van der Waals surface area contributed by atoms with E-state index < -0.39 is 0 Å². The first kappa shape index (κ1) is 16.5. The second-order valence-electron chi connectivity index (χ2n) is 6.62. The van der Waals surface area contributed by atoms with Gasteiger partial charge < -0.3 is 5.11 Å². The van der Waals surface area contributed by atoms with Crippen LogP contribution in [0.4, 0.5) is 0 Å². The smallest absolute Gasteiger partial charge is 0.266 e. The monoisotopic (exact) mass is 351 g/mol. The number of amides is 1. The SMILES string of the molecule is Cc1n[nH]c2nc(-c3ccc(O)cc3)cc(C(=O)NN3CCCCC3)c12. The zero-order valence-electron chi connectivity index (χ0n) is 14.6. The number of hydrogen-bond donors (Lipinski definition) is 3. The number of piperidine rings is 1. The molecular weight excluding hydrogens is 330 g/mol. The van der Waals surface area contributed by atoms with Gasteiger partial charge in [-0.3, -0.25) is 15.3 Å². The summed E-state index contributed by atoms with van der Waals surface area (Å²) < 4.78 is 0. The van der Waals surface area contributed by atoms with Crippen LogP contribution in [0.5, 0.6) is 5.75 Å². The number of fused-ring (bicyclic) bond motifs is 1. The number of H-pyrrole nitrogens is 1. The number of hydrazine groups is 1. The van der Waals surface area contributed by atoms with Gasteiger partial charge in [-0.15, -0.1) is 0 Å². The highest BCUT2D eigenvalue weighted by Gasteiger charge is 2.20. The van der Waals surface area contributed by atoms with Gasteiger partial charge in [0.25, 0.3) is 5.91 Å². The molecule has 0 atom stereocenters. The highest BCUT2D eigenvalue weighted by molar-refractivity contribution is 6.07. The molecule has 1 saturated heterocycles. The number of nitrogens with one attached hydrogen (secondary N) is 2. The van der Waals surface area contributed by atoms with Gasteiger partial charge in [0.15, 0.2) is 5.65 Å². The van der Waals surface area contributed by atoms with Crippen molar-refractivity contribution in [3.8, 4) is 17.0 Å². The lowest BCUT2D eigenvalue weighted by atomic mass is 10.0. The number of hydrogen-bond acceptors (Lipinski definition) is 5. The predicted molar refractivity (Wildman–Crippen MR) is 98.6 cm³/mol. The van der Waals surface area contributed by atoms with Crippen molar-refractivity contribution >= 4 is 16.9 Å². The van der Waals surface area contributed by atoms with Crippen molar-refractivity contribution < 1.29 is 9.90 Å². The maximum absolute atomic E-state index is 13.0. The molecule has 0 saturated carbocycles. The van der Waals surface area contributed by atoms with E-state index in [1.54, 1.807) is 30.3 Å². The number of rotatable bonds is 3. The number of benzene rings is 1. The Morgan fingerprint density at radius 3 is 2.65 bits per heavy atom. The maximum Gasteiger partial charge on any atom is 0.266 e. The standard InChI is InChI=1S/C19H21N5O2/c1-12-17-15(19(26)23-24-9-3-2-4-10-24)11-16(20-18(17)22-21-12)13-5-7-14(25)8-6-13/h5-8,11,25H,2-4,9-10H2,1H3,(H,23,26)(H,20,21,22). The zero-order chi connectivity index (χ0) is 18.1. The molecule has 26 heavy (non-hydrogen) atoms. The first-order valence-electron chi connectivity index (χ1n) is 8.83. The molecule has 3 aromatic rings. The number of aryl methyl sites for hydroxylation is 1. The molecule has 2 aromatic heterocycles. The van der Waals surface area contributed by atoms with E-state index in [9.17, 15) is 9.90 Å². The molecule has 3 N–H and O–H groups in total. The topological polar surface area (TPSA) is 94.1 Å². The molecule has 1 aliphatic heterocycles. The summed E-state index contributed by atoms with van der Waals surface area (Å²) in [6, 6.07) is 8.55. The second-order valence-corrected chi connectivity index (χ2v) is 6.62. The molecule has 7 heteroatoms. The summed E-state index contributed by atoms with van der Waals surface area (Å²) in [5.74, 6) is 0.0408. The fourth-order valence-electron chi connectivity index (χ4n) is 3.35. The van der Waals surface area contributed by atoms with Crippen molar-refractivity contribution in [3.63, 3.8) is 0 Å². The maximum atomic E-state index is 13.0. The number of pyridine rings is 1. The summed E-state index contributed by atoms with van der Waals surface area (Å²) in [5.41, 5.74) is 6.37. The Kier molecular flexibility index (Phi) is 4.30. The molecule has 1 aliphatic rings. The van der Waals surface area contributed by atoms with Crippen LogP contribution in [0.2, 0.25) is 0 Å². The largest absolute Gasteiger partial charge is 0.508 e. The number of carbonyl (C=O) groups excluding carboxylic acids is 1. The number of carbonyl (C=O) groups is 1. The predicted octanol–water partition coefficient (Wildman–Crippen LogP) is 2.77. The summed E-state index contributed by atoms with van der Waals surface area (Å²) in [4.78, 5) is 17.5. The minimum Gasteiger partial charge on any atom is -0.508 e. The molecular formula is C19H21N5O2. The molecule has 0 bridgehead atoms. The third-order valence-electron chi connectivity index (χ3n) is 4.73. The summed E-state index contributed by atoms with van der Waals surface area (Å²) in [6.45, 7) is 3.60. The van der Waals surface area contributed by atoms with Crippen molar-refractivity contribution in [2.75, 3.05) is 13.1 Å². The Hall–Kier alpha value is -2.93. The lowest BCUT2D eigenvalue weighted by Gasteiger charge is -2.27. The highest BCUT2D eigenvalue weighted by Crippen LogP contribution is 2.27. The average molecular weight is 351 g/mol. The minimum atomic E-state index is -0.149. The number of phenols is 1. The molecule has 1 amide bonds. The van der Waals surface area contributed by atoms with Gasteiger partial charge in [-0.2, -0.15) is 5.10 Å². The van der Waals surface area contributed by atoms with Gasteiger partial charge in [0, 0.05) is 18.7 Å². The van der Waals surface area contributed by atoms with E-state index in [1.165, 1.54) is 6.42 Å². The van der Waals surface area contributed by atoms with Crippen molar-refractivity contribution in [2.24, 2.45) is 0 Å². The minimum absolute atomic E-state index is 0.149. The molecule has 3 heterocycles. The Morgan fingerprint density at radius 1 is 1.19 bits per heavy atom. The van der Waals surface area contributed by atoms with Gasteiger partial charge in [0.05, 0.1) is 22.3 Å². The third-order valence-corrected chi connectivity index (χ3v) is 4.73. The van der Waals surface area contributed by atoms with Crippen LogP contribution in [0, 0.1) is 6.92 Å². The molecule has 0 spiro atoms. The molecule has 0 radical (unpaired) electrons. The molecule has 7 nitrogen and oxygen atoms in total. The fourth-order valence-corrected chi connectivity index (χ4v) is 3.35. The van der Waals surface area contributed by atoms with Gasteiger partial charge in [-0.05, 0) is 50.1 Å². The van der Waals surface area contributed by atoms with Crippen LogP contribution in [0.1, 0.15) is 35.3 Å². The van der Waals surface area contributed by atoms with Crippen LogP contribution in [-0.2, 0) is 0 Å². The van der Waals surface area contributed by atoms with Crippen LogP contribution >= 0.6 is 0 Å². The first-order valence-corrected chi connectivity index (χ1v) is 8.83. The summed E-state index contributed by atoms with van der Waals surface area (Å²) in [7, 11) is 0. The van der Waals surface area contributed by atoms with Gasteiger partial charge in [-0.1, -0.05) is 6.42 Å². The Balaban J connectivity index is 1.75. The van der Waals surface area contributed by atoms with E-state index in [0.717, 1.165) is 42.6 Å². The van der Waals surface area contributed by atoms with E-state index in [0.29, 0.717) is 16.9 Å². The van der Waals surface area contributed by atoms with Crippen molar-refractivity contribution in [1.82, 2.24) is 25.6 Å². The number of phenolic OH excluding ortho intramolecular Hbond substituents is 1. The van der Waals surface area contributed by atoms with E-state index in [1.807, 2.05) is 11.9 Å². The van der Waals surface area contributed by atoms with Gasteiger partial charge >= 0.3 is 0 Å². The number of aromatic nitrogens is 3. The van der Waals surface area contributed by atoms with Crippen LogP contribution < -0.4 is 5.43 Å². The lowest BCUT2D eigenvalue weighted by molar-refractivity contribution is 0.0752. The van der Waals surface area contributed by atoms with Gasteiger partial charge in [0.1, 0.15) is 5.75 Å². The van der Waals surface area contributed by atoms with Crippen molar-refractivity contribution in [3.05, 3.63) is 41.6 Å². The van der Waals surface area contributed by atoms with E-state index >= 15 is 0 Å². The normalized spacial score (nSPS) is 15.3. The lowest BCUT2D eigenvalue weighted by Crippen LogP contribution is -2.45. The van der Waals surface area contributed by atoms with E-state index in [4.69, 9.17) is 0 Å². The summed E-state index contributed by atoms with van der Waals surface area (Å²) >= 11 is 0. The highest BCUT2D eigenvalue weighted by atomic mass is 16.3. The van der Waals surface area contributed by atoms with Crippen LogP contribution in [0.15, 0.2) is 30.3 Å². The first-order chi connectivity index (χ1) is 12.6. The van der Waals surface area contributed by atoms with E-state index in [-0.39, 0.29) is 11.7 Å². The van der Waals surface area contributed by atoms with Gasteiger partial charge in [-0.25, -0.2) is 9.99 Å².